The van der Waals surface area contributed by atoms with Crippen molar-refractivity contribution in [3.8, 4) is 11.3 Å². The molecule has 29 heavy (non-hydrogen) atoms. The minimum atomic E-state index is 0.909. The Balaban J connectivity index is 1.34. The standard InChI is InChI=1S/C23H24N6/c1-18-3-2-4-19(15-18)17-27-11-13-28(14-12-27)22-23-26-16-21(29(23)10-9-25-22)20-5-7-24-8-6-20/h2-10,15-16H,11-14,17H2,1H3. The Morgan fingerprint density at radius 2 is 1.76 bits per heavy atom. The number of anilines is 1. The van der Waals surface area contributed by atoms with Crippen LogP contribution in [0.3, 0.4) is 0 Å². The van der Waals surface area contributed by atoms with Crippen LogP contribution in [-0.2, 0) is 6.54 Å². The average molecular weight is 384 g/mol. The van der Waals surface area contributed by atoms with Crippen LogP contribution in [0.1, 0.15) is 11.1 Å². The fraction of sp³-hybridized carbons (Fsp3) is 0.261. The van der Waals surface area contributed by atoms with Gasteiger partial charge in [-0.25, -0.2) is 9.97 Å². The molecule has 0 saturated carbocycles. The van der Waals surface area contributed by atoms with Crippen LogP contribution in [0.25, 0.3) is 16.9 Å². The largest absolute Gasteiger partial charge is 0.351 e. The molecular formula is C23H24N6. The predicted molar refractivity (Wildman–Crippen MR) is 115 cm³/mol. The summed E-state index contributed by atoms with van der Waals surface area (Å²) in [7, 11) is 0. The van der Waals surface area contributed by atoms with E-state index in [1.807, 2.05) is 43.1 Å². The number of rotatable bonds is 4. The second-order valence-corrected chi connectivity index (χ2v) is 7.58. The highest BCUT2D eigenvalue weighted by atomic mass is 15.3. The van der Waals surface area contributed by atoms with E-state index in [9.17, 15) is 0 Å². The van der Waals surface area contributed by atoms with Gasteiger partial charge in [-0.05, 0) is 24.6 Å². The first-order valence-corrected chi connectivity index (χ1v) is 10.0. The van der Waals surface area contributed by atoms with Crippen LogP contribution < -0.4 is 4.90 Å². The first-order chi connectivity index (χ1) is 14.3. The summed E-state index contributed by atoms with van der Waals surface area (Å²) in [6, 6.07) is 12.8. The molecule has 1 aliphatic rings. The van der Waals surface area contributed by atoms with Gasteiger partial charge in [-0.15, -0.1) is 0 Å². The Morgan fingerprint density at radius 3 is 2.55 bits per heavy atom. The molecule has 1 fully saturated rings. The van der Waals surface area contributed by atoms with Crippen LogP contribution in [0.4, 0.5) is 5.82 Å². The molecule has 0 unspecified atom stereocenters. The van der Waals surface area contributed by atoms with Crippen molar-refractivity contribution in [2.24, 2.45) is 0 Å². The summed E-state index contributed by atoms with van der Waals surface area (Å²) in [4.78, 5) is 18.3. The number of hydrogen-bond acceptors (Lipinski definition) is 5. The molecule has 0 spiro atoms. The number of aromatic nitrogens is 4. The summed E-state index contributed by atoms with van der Waals surface area (Å²) in [5.41, 5.74) is 5.78. The number of nitrogens with zero attached hydrogens (tertiary/aromatic N) is 6. The van der Waals surface area contributed by atoms with Gasteiger partial charge in [0.05, 0.1) is 11.9 Å². The van der Waals surface area contributed by atoms with Crippen LogP contribution >= 0.6 is 0 Å². The quantitative estimate of drug-likeness (QED) is 0.540. The molecule has 3 aromatic heterocycles. The zero-order valence-electron chi connectivity index (χ0n) is 16.6. The maximum atomic E-state index is 4.69. The molecule has 146 valence electrons. The van der Waals surface area contributed by atoms with Gasteiger partial charge in [-0.3, -0.25) is 14.3 Å². The second kappa shape index (κ2) is 7.64. The summed E-state index contributed by atoms with van der Waals surface area (Å²) in [6.45, 7) is 7.11. The molecular weight excluding hydrogens is 360 g/mol. The minimum Gasteiger partial charge on any atom is -0.351 e. The number of piperazine rings is 1. The van der Waals surface area contributed by atoms with Gasteiger partial charge < -0.3 is 4.90 Å². The van der Waals surface area contributed by atoms with E-state index in [-0.39, 0.29) is 0 Å². The van der Waals surface area contributed by atoms with Crippen molar-refractivity contribution in [1.82, 2.24) is 24.3 Å². The fourth-order valence-electron chi connectivity index (χ4n) is 4.05. The highest BCUT2D eigenvalue weighted by Crippen LogP contribution is 2.25. The number of hydrogen-bond donors (Lipinski definition) is 0. The summed E-state index contributed by atoms with van der Waals surface area (Å²) in [5, 5.41) is 0. The summed E-state index contributed by atoms with van der Waals surface area (Å²) >= 11 is 0. The third kappa shape index (κ3) is 3.59. The molecule has 0 atom stereocenters. The summed E-state index contributed by atoms with van der Waals surface area (Å²) < 4.78 is 2.12. The zero-order valence-corrected chi connectivity index (χ0v) is 16.6. The van der Waals surface area contributed by atoms with Crippen molar-refractivity contribution < 1.29 is 0 Å². The smallest absolute Gasteiger partial charge is 0.180 e. The van der Waals surface area contributed by atoms with Crippen molar-refractivity contribution in [3.63, 3.8) is 0 Å². The Bertz CT molecular complexity index is 1110. The van der Waals surface area contributed by atoms with Crippen LogP contribution in [0.2, 0.25) is 0 Å². The van der Waals surface area contributed by atoms with Crippen molar-refractivity contribution in [1.29, 1.82) is 0 Å². The summed E-state index contributed by atoms with van der Waals surface area (Å²) in [5.74, 6) is 0.961. The first-order valence-electron chi connectivity index (χ1n) is 10.0. The Kier molecular flexibility index (Phi) is 4.69. The lowest BCUT2D eigenvalue weighted by Crippen LogP contribution is -2.46. The Hall–Kier alpha value is -3.25. The highest BCUT2D eigenvalue weighted by Gasteiger charge is 2.21. The maximum Gasteiger partial charge on any atom is 0.180 e. The van der Waals surface area contributed by atoms with E-state index < -0.39 is 0 Å². The Labute approximate surface area is 170 Å². The van der Waals surface area contributed by atoms with E-state index in [4.69, 9.17) is 4.98 Å². The molecule has 0 radical (unpaired) electrons. The lowest BCUT2D eigenvalue weighted by Gasteiger charge is -2.35. The number of imidazole rings is 1. The van der Waals surface area contributed by atoms with E-state index in [0.717, 1.165) is 55.4 Å². The van der Waals surface area contributed by atoms with Crippen molar-refractivity contribution in [2.45, 2.75) is 13.5 Å². The van der Waals surface area contributed by atoms with Gasteiger partial charge in [0.1, 0.15) is 0 Å². The SMILES string of the molecule is Cc1cccc(CN2CCN(c3nccn4c(-c5ccncc5)cnc34)CC2)c1. The van der Waals surface area contributed by atoms with Crippen LogP contribution in [-0.4, -0.2) is 50.4 Å². The molecule has 0 aliphatic carbocycles. The van der Waals surface area contributed by atoms with Gasteiger partial charge in [0.25, 0.3) is 0 Å². The normalized spacial score (nSPS) is 15.1. The van der Waals surface area contributed by atoms with Gasteiger partial charge in [0.15, 0.2) is 11.5 Å². The van der Waals surface area contributed by atoms with Crippen LogP contribution in [0.5, 0.6) is 0 Å². The lowest BCUT2D eigenvalue weighted by atomic mass is 10.1. The first kappa shape index (κ1) is 17.8. The molecule has 4 heterocycles. The number of benzene rings is 1. The number of fused-ring (bicyclic) bond motifs is 1. The molecule has 1 aliphatic heterocycles. The highest BCUT2D eigenvalue weighted by molar-refractivity contribution is 5.71. The third-order valence-electron chi connectivity index (χ3n) is 5.55. The molecule has 5 rings (SSSR count). The monoisotopic (exact) mass is 384 g/mol. The minimum absolute atomic E-state index is 0.909. The van der Waals surface area contributed by atoms with Crippen molar-refractivity contribution in [2.75, 3.05) is 31.1 Å². The average Bonchev–Trinajstić information content (AvgIpc) is 3.19. The van der Waals surface area contributed by atoms with Gasteiger partial charge in [-0.1, -0.05) is 29.8 Å². The molecule has 0 bridgehead atoms. The van der Waals surface area contributed by atoms with Crippen LogP contribution in [0.15, 0.2) is 67.4 Å². The molecule has 6 heteroatoms. The van der Waals surface area contributed by atoms with Gasteiger partial charge in [-0.2, -0.15) is 0 Å². The van der Waals surface area contributed by atoms with Gasteiger partial charge in [0, 0.05) is 63.1 Å². The molecule has 1 aromatic carbocycles. The fourth-order valence-corrected chi connectivity index (χ4v) is 4.05. The topological polar surface area (TPSA) is 49.6 Å². The number of pyridine rings is 1. The Morgan fingerprint density at radius 1 is 0.931 bits per heavy atom. The molecule has 4 aromatic rings. The lowest BCUT2D eigenvalue weighted by molar-refractivity contribution is 0.249. The van der Waals surface area contributed by atoms with Gasteiger partial charge in [0.2, 0.25) is 0 Å². The molecule has 1 saturated heterocycles. The van der Waals surface area contributed by atoms with Crippen molar-refractivity contribution >= 4 is 11.5 Å². The van der Waals surface area contributed by atoms with Crippen LogP contribution in [0, 0.1) is 6.92 Å². The molecule has 0 N–H and O–H groups in total. The van der Waals surface area contributed by atoms with E-state index >= 15 is 0 Å². The second-order valence-electron chi connectivity index (χ2n) is 7.58. The van der Waals surface area contributed by atoms with Crippen molar-refractivity contribution in [3.05, 3.63) is 78.5 Å². The molecule has 0 amide bonds. The third-order valence-corrected chi connectivity index (χ3v) is 5.55. The van der Waals surface area contributed by atoms with E-state index in [1.165, 1.54) is 11.1 Å². The van der Waals surface area contributed by atoms with E-state index in [2.05, 4.69) is 55.4 Å². The number of aryl methyl sites for hydroxylation is 1. The van der Waals surface area contributed by atoms with E-state index in [1.54, 1.807) is 0 Å². The van der Waals surface area contributed by atoms with E-state index in [0.29, 0.717) is 0 Å². The van der Waals surface area contributed by atoms with Gasteiger partial charge >= 0.3 is 0 Å². The predicted octanol–water partition coefficient (Wildman–Crippen LogP) is 3.42. The zero-order chi connectivity index (χ0) is 19.6. The maximum absolute atomic E-state index is 4.69. The summed E-state index contributed by atoms with van der Waals surface area (Å²) in [6.07, 6.45) is 9.39. The molecule has 6 nitrogen and oxygen atoms in total.